The third kappa shape index (κ3) is 2.94. The van der Waals surface area contributed by atoms with Crippen molar-refractivity contribution in [3.8, 4) is 0 Å². The number of carbonyl (C=O) groups is 1. The van der Waals surface area contributed by atoms with Crippen LogP contribution in [0, 0.1) is 5.92 Å². The standard InChI is InChI=1S/C13H16BrNO2/c1-15-12-8-17-7-10(12)13(16)6-9-4-2-3-5-11(9)14/h2-5,10,12,15H,6-8H2,1H3. The first-order chi connectivity index (χ1) is 8.22. The van der Waals surface area contributed by atoms with Gasteiger partial charge in [-0.2, -0.15) is 0 Å². The van der Waals surface area contributed by atoms with E-state index in [-0.39, 0.29) is 17.7 Å². The van der Waals surface area contributed by atoms with Crippen LogP contribution in [0.1, 0.15) is 5.56 Å². The van der Waals surface area contributed by atoms with Crippen molar-refractivity contribution in [1.29, 1.82) is 0 Å². The highest BCUT2D eigenvalue weighted by atomic mass is 79.9. The number of halogens is 1. The molecule has 0 bridgehead atoms. The number of Topliss-reactive ketones (excluding diaryl/α,β-unsaturated/α-hetero) is 1. The number of rotatable bonds is 4. The largest absolute Gasteiger partial charge is 0.379 e. The molecule has 0 radical (unpaired) electrons. The summed E-state index contributed by atoms with van der Waals surface area (Å²) in [6, 6.07) is 8.00. The molecule has 1 aliphatic rings. The highest BCUT2D eigenvalue weighted by Crippen LogP contribution is 2.21. The summed E-state index contributed by atoms with van der Waals surface area (Å²) >= 11 is 3.47. The molecule has 2 rings (SSSR count). The minimum Gasteiger partial charge on any atom is -0.379 e. The third-order valence-electron chi connectivity index (χ3n) is 3.19. The molecule has 1 aliphatic heterocycles. The van der Waals surface area contributed by atoms with Crippen LogP contribution in [0.5, 0.6) is 0 Å². The van der Waals surface area contributed by atoms with Gasteiger partial charge in [-0.25, -0.2) is 0 Å². The summed E-state index contributed by atoms with van der Waals surface area (Å²) in [5.41, 5.74) is 1.04. The molecule has 0 saturated carbocycles. The van der Waals surface area contributed by atoms with Crippen molar-refractivity contribution >= 4 is 21.7 Å². The van der Waals surface area contributed by atoms with Crippen molar-refractivity contribution in [2.75, 3.05) is 20.3 Å². The number of hydrogen-bond donors (Lipinski definition) is 1. The van der Waals surface area contributed by atoms with Crippen LogP contribution in [0.4, 0.5) is 0 Å². The van der Waals surface area contributed by atoms with Gasteiger partial charge in [0.15, 0.2) is 0 Å². The number of benzene rings is 1. The fourth-order valence-corrected chi connectivity index (χ4v) is 2.54. The lowest BCUT2D eigenvalue weighted by molar-refractivity contribution is -0.122. The van der Waals surface area contributed by atoms with Crippen LogP contribution in [-0.4, -0.2) is 32.1 Å². The lowest BCUT2D eigenvalue weighted by atomic mass is 9.94. The Morgan fingerprint density at radius 3 is 2.94 bits per heavy atom. The zero-order valence-corrected chi connectivity index (χ0v) is 11.4. The first kappa shape index (κ1) is 12.7. The van der Waals surface area contributed by atoms with E-state index in [1.165, 1.54) is 0 Å². The van der Waals surface area contributed by atoms with Crippen LogP contribution in [0.25, 0.3) is 0 Å². The molecule has 2 unspecified atom stereocenters. The number of hydrogen-bond acceptors (Lipinski definition) is 3. The molecule has 1 aromatic carbocycles. The summed E-state index contributed by atoms with van der Waals surface area (Å²) in [6.45, 7) is 1.16. The maximum absolute atomic E-state index is 12.2. The first-order valence-electron chi connectivity index (χ1n) is 5.73. The zero-order chi connectivity index (χ0) is 12.3. The van der Waals surface area contributed by atoms with Crippen molar-refractivity contribution in [3.63, 3.8) is 0 Å². The van der Waals surface area contributed by atoms with Gasteiger partial charge in [0.05, 0.1) is 19.1 Å². The quantitative estimate of drug-likeness (QED) is 0.921. The second-order valence-electron chi connectivity index (χ2n) is 4.27. The molecule has 4 heteroatoms. The van der Waals surface area contributed by atoms with Crippen molar-refractivity contribution in [3.05, 3.63) is 34.3 Å². The molecule has 17 heavy (non-hydrogen) atoms. The lowest BCUT2D eigenvalue weighted by Crippen LogP contribution is -2.37. The summed E-state index contributed by atoms with van der Waals surface area (Å²) in [4.78, 5) is 12.2. The fourth-order valence-electron chi connectivity index (χ4n) is 2.12. The number of ketones is 1. The molecule has 0 spiro atoms. The zero-order valence-electron chi connectivity index (χ0n) is 9.78. The maximum Gasteiger partial charge on any atom is 0.144 e. The smallest absolute Gasteiger partial charge is 0.144 e. The molecule has 1 fully saturated rings. The minimum absolute atomic E-state index is 0.0212. The summed E-state index contributed by atoms with van der Waals surface area (Å²) in [6.07, 6.45) is 0.466. The number of nitrogens with one attached hydrogen (secondary N) is 1. The van der Waals surface area contributed by atoms with Crippen LogP contribution < -0.4 is 5.32 Å². The average molecular weight is 298 g/mol. The summed E-state index contributed by atoms with van der Waals surface area (Å²) in [5.74, 6) is 0.223. The Bertz CT molecular complexity index is 408. The van der Waals surface area contributed by atoms with E-state index in [0.29, 0.717) is 19.6 Å². The Balaban J connectivity index is 2.04. The summed E-state index contributed by atoms with van der Waals surface area (Å²) in [7, 11) is 1.87. The van der Waals surface area contributed by atoms with Crippen LogP contribution in [-0.2, 0) is 16.0 Å². The van der Waals surface area contributed by atoms with Crippen molar-refractivity contribution in [2.24, 2.45) is 5.92 Å². The van der Waals surface area contributed by atoms with Gasteiger partial charge in [-0.05, 0) is 18.7 Å². The number of ether oxygens (including phenoxy) is 1. The number of likely N-dealkylation sites (N-methyl/N-ethyl adjacent to an activating group) is 1. The predicted octanol–water partition coefficient (Wildman–Crippen LogP) is 1.80. The van der Waals surface area contributed by atoms with Gasteiger partial charge >= 0.3 is 0 Å². The normalized spacial score (nSPS) is 23.9. The van der Waals surface area contributed by atoms with E-state index < -0.39 is 0 Å². The Morgan fingerprint density at radius 2 is 2.24 bits per heavy atom. The Morgan fingerprint density at radius 1 is 1.47 bits per heavy atom. The van der Waals surface area contributed by atoms with Gasteiger partial charge in [0.2, 0.25) is 0 Å². The van der Waals surface area contributed by atoms with E-state index in [1.54, 1.807) is 0 Å². The average Bonchev–Trinajstić information content (AvgIpc) is 2.80. The molecule has 92 valence electrons. The molecule has 1 aromatic rings. The molecule has 0 amide bonds. The van der Waals surface area contributed by atoms with E-state index in [4.69, 9.17) is 4.74 Å². The maximum atomic E-state index is 12.2. The van der Waals surface area contributed by atoms with Crippen LogP contribution in [0.15, 0.2) is 28.7 Å². The SMILES string of the molecule is CNC1COCC1C(=O)Cc1ccccc1Br. The van der Waals surface area contributed by atoms with Gasteiger partial charge in [0.25, 0.3) is 0 Å². The summed E-state index contributed by atoms with van der Waals surface area (Å²) < 4.78 is 6.35. The Kier molecular flexibility index (Phi) is 4.31. The molecular weight excluding hydrogens is 282 g/mol. The molecule has 2 atom stereocenters. The molecule has 0 aromatic heterocycles. The first-order valence-corrected chi connectivity index (χ1v) is 6.53. The lowest BCUT2D eigenvalue weighted by Gasteiger charge is -2.15. The van der Waals surface area contributed by atoms with Crippen LogP contribution in [0.2, 0.25) is 0 Å². The van der Waals surface area contributed by atoms with Gasteiger partial charge < -0.3 is 10.1 Å². The highest BCUT2D eigenvalue weighted by molar-refractivity contribution is 9.10. The van der Waals surface area contributed by atoms with Crippen LogP contribution >= 0.6 is 15.9 Å². The van der Waals surface area contributed by atoms with Gasteiger partial charge in [-0.15, -0.1) is 0 Å². The third-order valence-corrected chi connectivity index (χ3v) is 3.96. The molecule has 1 heterocycles. The molecule has 1 N–H and O–H groups in total. The fraction of sp³-hybridized carbons (Fsp3) is 0.462. The summed E-state index contributed by atoms with van der Waals surface area (Å²) in [5, 5.41) is 3.14. The molecule has 0 aliphatic carbocycles. The Hall–Kier alpha value is -0.710. The number of carbonyl (C=O) groups excluding carboxylic acids is 1. The van der Waals surface area contributed by atoms with Gasteiger partial charge in [0, 0.05) is 16.9 Å². The van der Waals surface area contributed by atoms with E-state index in [9.17, 15) is 4.79 Å². The second-order valence-corrected chi connectivity index (χ2v) is 5.13. The van der Waals surface area contributed by atoms with E-state index in [2.05, 4.69) is 21.2 Å². The van der Waals surface area contributed by atoms with Crippen molar-refractivity contribution in [2.45, 2.75) is 12.5 Å². The Labute approximate surface area is 110 Å². The molecular formula is C13H16BrNO2. The van der Waals surface area contributed by atoms with E-state index >= 15 is 0 Å². The highest BCUT2D eigenvalue weighted by Gasteiger charge is 2.32. The van der Waals surface area contributed by atoms with E-state index in [0.717, 1.165) is 10.0 Å². The molecule has 1 saturated heterocycles. The van der Waals surface area contributed by atoms with Crippen molar-refractivity contribution < 1.29 is 9.53 Å². The van der Waals surface area contributed by atoms with Crippen LogP contribution in [0.3, 0.4) is 0 Å². The van der Waals surface area contributed by atoms with Gasteiger partial charge in [-0.3, -0.25) is 4.79 Å². The predicted molar refractivity (Wildman–Crippen MR) is 70.0 cm³/mol. The second kappa shape index (κ2) is 5.76. The topological polar surface area (TPSA) is 38.3 Å². The van der Waals surface area contributed by atoms with E-state index in [1.807, 2.05) is 31.3 Å². The monoisotopic (exact) mass is 297 g/mol. The van der Waals surface area contributed by atoms with Gasteiger partial charge in [-0.1, -0.05) is 34.1 Å². The van der Waals surface area contributed by atoms with Gasteiger partial charge in [0.1, 0.15) is 5.78 Å². The van der Waals surface area contributed by atoms with Crippen molar-refractivity contribution in [1.82, 2.24) is 5.32 Å². The molecule has 3 nitrogen and oxygen atoms in total. The minimum atomic E-state index is -0.0212.